The number of aromatic nitrogens is 3. The van der Waals surface area contributed by atoms with Crippen LogP contribution in [-0.2, 0) is 11.0 Å². The molecule has 1 aromatic heterocycles. The van der Waals surface area contributed by atoms with E-state index in [2.05, 4.69) is 10.2 Å². The second-order valence-corrected chi connectivity index (χ2v) is 6.68. The zero-order valence-corrected chi connectivity index (χ0v) is 15.0. The molecule has 1 aliphatic rings. The summed E-state index contributed by atoms with van der Waals surface area (Å²) < 4.78 is 49.6. The number of amides is 1. The van der Waals surface area contributed by atoms with Crippen LogP contribution in [0.2, 0.25) is 0 Å². The van der Waals surface area contributed by atoms with Crippen molar-refractivity contribution in [3.8, 4) is 11.5 Å². The van der Waals surface area contributed by atoms with E-state index >= 15 is 0 Å². The predicted octanol–water partition coefficient (Wildman–Crippen LogP) is 1.40. The summed E-state index contributed by atoms with van der Waals surface area (Å²) in [6.07, 6.45) is -5.07. The molecule has 1 unspecified atom stereocenters. The van der Waals surface area contributed by atoms with Gasteiger partial charge < -0.3 is 20.2 Å². The van der Waals surface area contributed by atoms with Crippen LogP contribution in [0.4, 0.5) is 13.2 Å². The lowest BCUT2D eigenvalue weighted by molar-refractivity contribution is -0.146. The van der Waals surface area contributed by atoms with Gasteiger partial charge in [-0.15, -0.1) is 10.2 Å². The Hall–Kier alpha value is -2.63. The molecule has 27 heavy (non-hydrogen) atoms. The van der Waals surface area contributed by atoms with Crippen molar-refractivity contribution in [2.75, 3.05) is 31.8 Å². The number of hydrogen-bond acceptors (Lipinski definition) is 7. The molecule has 8 nitrogen and oxygen atoms in total. The van der Waals surface area contributed by atoms with Gasteiger partial charge in [0.05, 0.1) is 12.3 Å². The molecule has 0 saturated heterocycles. The van der Waals surface area contributed by atoms with Gasteiger partial charge >= 0.3 is 6.18 Å². The first-order valence-corrected chi connectivity index (χ1v) is 8.77. The second kappa shape index (κ2) is 7.55. The van der Waals surface area contributed by atoms with Crippen LogP contribution >= 0.6 is 11.8 Å². The smallest absolute Gasteiger partial charge is 0.453 e. The van der Waals surface area contributed by atoms with Gasteiger partial charge in [0, 0.05) is 7.05 Å². The fourth-order valence-corrected chi connectivity index (χ4v) is 3.16. The molecule has 0 saturated carbocycles. The Bertz CT molecular complexity index is 829. The maximum atomic E-state index is 12.6. The number of hydrogen-bond donors (Lipinski definition) is 1. The van der Waals surface area contributed by atoms with Crippen molar-refractivity contribution in [3.63, 3.8) is 0 Å². The van der Waals surface area contributed by atoms with E-state index in [1.54, 1.807) is 19.2 Å². The highest BCUT2D eigenvalue weighted by Gasteiger charge is 2.38. The van der Waals surface area contributed by atoms with Crippen molar-refractivity contribution in [3.05, 3.63) is 30.1 Å². The van der Waals surface area contributed by atoms with Crippen molar-refractivity contribution in [1.82, 2.24) is 19.8 Å². The fourth-order valence-electron chi connectivity index (χ4n) is 2.37. The monoisotopic (exact) mass is 403 g/mol. The summed E-state index contributed by atoms with van der Waals surface area (Å²) in [5, 5.41) is 6.18. The molecule has 1 amide bonds. The van der Waals surface area contributed by atoms with Crippen LogP contribution in [-0.4, -0.2) is 57.7 Å². The molecule has 1 aliphatic heterocycles. The molecule has 0 bridgehead atoms. The normalized spacial score (nSPS) is 16.2. The van der Waals surface area contributed by atoms with E-state index in [4.69, 9.17) is 15.3 Å². The number of ether oxygens (including phenoxy) is 2. The summed E-state index contributed by atoms with van der Waals surface area (Å²) in [5.74, 6) is 4.79. The van der Waals surface area contributed by atoms with Gasteiger partial charge in [0.25, 0.3) is 5.82 Å². The summed E-state index contributed by atoms with van der Waals surface area (Å²) in [7, 11) is 1.57. The van der Waals surface area contributed by atoms with Crippen LogP contribution < -0.4 is 15.3 Å². The van der Waals surface area contributed by atoms with Crippen molar-refractivity contribution in [2.24, 2.45) is 0 Å². The van der Waals surface area contributed by atoms with Gasteiger partial charge in [-0.2, -0.15) is 13.2 Å². The quantitative estimate of drug-likeness (QED) is 0.596. The Labute approximate surface area is 156 Å². The third-order valence-corrected chi connectivity index (χ3v) is 4.64. The number of nitrogens with two attached hydrogens (primary N) is 1. The van der Waals surface area contributed by atoms with E-state index in [9.17, 15) is 18.0 Å². The third-order valence-electron chi connectivity index (χ3n) is 3.71. The number of rotatable bonds is 5. The highest BCUT2D eigenvalue weighted by molar-refractivity contribution is 7.99. The zero-order chi connectivity index (χ0) is 19.6. The molecule has 3 rings (SSSR count). The lowest BCUT2D eigenvalue weighted by Crippen LogP contribution is -2.42. The number of benzene rings is 1. The molecular formula is C15H16F3N5O3S. The van der Waals surface area contributed by atoms with E-state index < -0.39 is 12.0 Å². The lowest BCUT2D eigenvalue weighted by atomic mass is 10.2. The molecule has 1 aromatic carbocycles. The first-order chi connectivity index (χ1) is 12.8. The molecule has 0 aliphatic carbocycles. The molecule has 0 radical (unpaired) electrons. The van der Waals surface area contributed by atoms with E-state index in [0.717, 1.165) is 11.8 Å². The molecular weight excluding hydrogens is 387 g/mol. The Kier molecular flexibility index (Phi) is 5.35. The summed E-state index contributed by atoms with van der Waals surface area (Å²) in [4.78, 5) is 13.7. The van der Waals surface area contributed by atoms with Gasteiger partial charge in [0.2, 0.25) is 11.1 Å². The molecule has 2 heterocycles. The van der Waals surface area contributed by atoms with Gasteiger partial charge in [-0.25, -0.2) is 4.68 Å². The van der Waals surface area contributed by atoms with Crippen molar-refractivity contribution < 1.29 is 27.4 Å². The van der Waals surface area contributed by atoms with Gasteiger partial charge in [-0.05, 0) is 12.1 Å². The number of thioether (sulfide) groups is 1. The lowest BCUT2D eigenvalue weighted by Gasteiger charge is -2.29. The van der Waals surface area contributed by atoms with Crippen LogP contribution in [0.5, 0.6) is 11.5 Å². The van der Waals surface area contributed by atoms with Crippen LogP contribution in [0, 0.1) is 0 Å². The minimum absolute atomic E-state index is 0.145. The number of carbonyl (C=O) groups is 1. The highest BCUT2D eigenvalue weighted by Crippen LogP contribution is 2.31. The van der Waals surface area contributed by atoms with Crippen LogP contribution in [0.3, 0.4) is 0 Å². The summed E-state index contributed by atoms with van der Waals surface area (Å²) >= 11 is 0.772. The predicted molar refractivity (Wildman–Crippen MR) is 89.9 cm³/mol. The average Bonchev–Trinajstić information content (AvgIpc) is 3.00. The number of nitrogens with zero attached hydrogens (tertiary/aromatic N) is 4. The summed E-state index contributed by atoms with van der Waals surface area (Å²) in [5.41, 5.74) is 0. The average molecular weight is 403 g/mol. The number of para-hydroxylation sites is 2. The molecule has 146 valence electrons. The molecule has 12 heteroatoms. The fraction of sp³-hybridized carbons (Fsp3) is 0.400. The maximum absolute atomic E-state index is 12.6. The topological polar surface area (TPSA) is 95.5 Å². The first kappa shape index (κ1) is 19.1. The van der Waals surface area contributed by atoms with Gasteiger partial charge in [-0.3, -0.25) is 4.79 Å². The van der Waals surface area contributed by atoms with Crippen LogP contribution in [0.25, 0.3) is 0 Å². The first-order valence-electron chi connectivity index (χ1n) is 7.78. The van der Waals surface area contributed by atoms with Gasteiger partial charge in [0.15, 0.2) is 17.6 Å². The highest BCUT2D eigenvalue weighted by atomic mass is 32.2. The number of halogens is 3. The van der Waals surface area contributed by atoms with Crippen LogP contribution in [0.15, 0.2) is 29.4 Å². The Balaban J connectivity index is 1.52. The molecule has 0 spiro atoms. The molecule has 0 fully saturated rings. The van der Waals surface area contributed by atoms with Gasteiger partial charge in [0.1, 0.15) is 6.61 Å². The molecule has 2 aromatic rings. The Morgan fingerprint density at radius 1 is 1.37 bits per heavy atom. The maximum Gasteiger partial charge on any atom is 0.453 e. The largest absolute Gasteiger partial charge is 0.486 e. The van der Waals surface area contributed by atoms with Crippen molar-refractivity contribution in [2.45, 2.75) is 17.4 Å². The SMILES string of the molecule is CN(CC1COc2ccccc2O1)C(=O)CSc1nnc(C(F)(F)F)n1N. The zero-order valence-electron chi connectivity index (χ0n) is 14.1. The minimum Gasteiger partial charge on any atom is -0.486 e. The number of carbonyl (C=O) groups excluding carboxylic acids is 1. The molecule has 2 N–H and O–H groups in total. The van der Waals surface area contributed by atoms with Crippen molar-refractivity contribution >= 4 is 17.7 Å². The molecule has 1 atom stereocenters. The number of fused-ring (bicyclic) bond motifs is 1. The minimum atomic E-state index is -4.71. The summed E-state index contributed by atoms with van der Waals surface area (Å²) in [6.45, 7) is 0.546. The van der Waals surface area contributed by atoms with E-state index in [1.807, 2.05) is 12.1 Å². The van der Waals surface area contributed by atoms with E-state index in [0.29, 0.717) is 16.2 Å². The van der Waals surface area contributed by atoms with Crippen molar-refractivity contribution in [1.29, 1.82) is 0 Å². The standard InChI is InChI=1S/C15H16F3N5O3S/c1-22(6-9-7-25-10-4-2-3-5-11(10)26-9)12(24)8-27-14-21-20-13(23(14)19)15(16,17)18/h2-5,9H,6-8,19H2,1H3. The van der Waals surface area contributed by atoms with E-state index in [1.165, 1.54) is 4.90 Å². The number of alkyl halides is 3. The Morgan fingerprint density at radius 3 is 2.74 bits per heavy atom. The number of nitrogen functional groups attached to an aromatic ring is 1. The van der Waals surface area contributed by atoms with E-state index in [-0.39, 0.29) is 36.1 Å². The summed E-state index contributed by atoms with van der Waals surface area (Å²) in [6, 6.07) is 7.20. The van der Waals surface area contributed by atoms with Gasteiger partial charge in [-0.1, -0.05) is 23.9 Å². The second-order valence-electron chi connectivity index (χ2n) is 5.73. The number of likely N-dealkylation sites (N-methyl/N-ethyl adjacent to an activating group) is 1. The third kappa shape index (κ3) is 4.38. The Morgan fingerprint density at radius 2 is 2.07 bits per heavy atom. The van der Waals surface area contributed by atoms with Crippen LogP contribution in [0.1, 0.15) is 5.82 Å².